The van der Waals surface area contributed by atoms with Crippen LogP contribution >= 0.6 is 11.6 Å². The largest absolute Gasteiger partial charge is 0.356 e. The summed E-state index contributed by atoms with van der Waals surface area (Å²) < 4.78 is 5.63. The van der Waals surface area contributed by atoms with Crippen LogP contribution in [0.15, 0.2) is 24.3 Å². The lowest BCUT2D eigenvalue weighted by molar-refractivity contribution is -0.162. The Balaban J connectivity index is 1.79. The minimum Gasteiger partial charge on any atom is -0.356 e. The van der Waals surface area contributed by atoms with E-state index in [1.165, 1.54) is 6.42 Å². The first-order valence-corrected chi connectivity index (χ1v) is 8.87. The van der Waals surface area contributed by atoms with Gasteiger partial charge in [-0.05, 0) is 30.5 Å². The third kappa shape index (κ3) is 3.73. The number of hydrogen-bond donors (Lipinski definition) is 1. The van der Waals surface area contributed by atoms with Crippen molar-refractivity contribution >= 4 is 23.4 Å². The number of morpholine rings is 1. The van der Waals surface area contributed by atoms with Gasteiger partial charge in [-0.3, -0.25) is 9.59 Å². The minimum absolute atomic E-state index is 0.0661. The lowest BCUT2D eigenvalue weighted by Gasteiger charge is -2.39. The minimum atomic E-state index is -0.698. The molecule has 5 nitrogen and oxygen atoms in total. The van der Waals surface area contributed by atoms with Gasteiger partial charge in [0, 0.05) is 18.1 Å². The van der Waals surface area contributed by atoms with Crippen molar-refractivity contribution in [2.75, 3.05) is 13.7 Å². The van der Waals surface area contributed by atoms with E-state index in [0.717, 1.165) is 31.2 Å². The molecule has 0 aromatic heterocycles. The van der Waals surface area contributed by atoms with Crippen LogP contribution in [0.1, 0.15) is 43.7 Å². The third-order valence-corrected chi connectivity index (χ3v) is 5.16. The molecule has 0 bridgehead atoms. The maximum absolute atomic E-state index is 12.8. The summed E-state index contributed by atoms with van der Waals surface area (Å²) in [5, 5.41) is 3.73. The second-order valence-electron chi connectivity index (χ2n) is 6.58. The molecule has 0 spiro atoms. The molecule has 2 amide bonds. The fourth-order valence-corrected chi connectivity index (χ4v) is 3.65. The smallest absolute Gasteiger partial charge is 0.251 e. The third-order valence-electron chi connectivity index (χ3n) is 4.91. The summed E-state index contributed by atoms with van der Waals surface area (Å²) in [5.74, 6) is -0.266. The van der Waals surface area contributed by atoms with Crippen LogP contribution in [0.2, 0.25) is 5.02 Å². The standard InChI is InChI=1S/C18H23ClN2O3/c1-21-15(22)11-24-17(16(21)12-7-9-13(19)10-8-12)18(23)20-14-5-3-2-4-6-14/h7-10,14,16-17H,2-6,11H2,1H3,(H,20,23)/t16-,17-/m0/s1. The number of carbonyl (C=O) groups is 2. The second-order valence-corrected chi connectivity index (χ2v) is 7.01. The molecule has 1 aromatic carbocycles. The monoisotopic (exact) mass is 350 g/mol. The summed E-state index contributed by atoms with van der Waals surface area (Å²) in [6.07, 6.45) is 4.86. The van der Waals surface area contributed by atoms with E-state index < -0.39 is 12.1 Å². The van der Waals surface area contributed by atoms with Gasteiger partial charge in [0.15, 0.2) is 6.10 Å². The molecule has 2 aliphatic rings. The highest BCUT2D eigenvalue weighted by Gasteiger charge is 2.40. The Hall–Kier alpha value is -1.59. The van der Waals surface area contributed by atoms with E-state index in [1.807, 2.05) is 12.1 Å². The van der Waals surface area contributed by atoms with Gasteiger partial charge in [-0.2, -0.15) is 0 Å². The van der Waals surface area contributed by atoms with Crippen molar-refractivity contribution < 1.29 is 14.3 Å². The van der Waals surface area contributed by atoms with Crippen molar-refractivity contribution in [3.63, 3.8) is 0 Å². The molecule has 0 unspecified atom stereocenters. The Morgan fingerprint density at radius 3 is 2.54 bits per heavy atom. The first kappa shape index (κ1) is 17.2. The number of rotatable bonds is 3. The molecule has 1 N–H and O–H groups in total. The molecule has 1 saturated carbocycles. The maximum Gasteiger partial charge on any atom is 0.251 e. The Bertz CT molecular complexity index is 599. The first-order valence-electron chi connectivity index (χ1n) is 8.49. The zero-order valence-electron chi connectivity index (χ0n) is 13.8. The number of nitrogens with zero attached hydrogens (tertiary/aromatic N) is 1. The Kier molecular flexibility index (Phi) is 5.41. The van der Waals surface area contributed by atoms with Crippen LogP contribution in [0.4, 0.5) is 0 Å². The first-order chi connectivity index (χ1) is 11.6. The van der Waals surface area contributed by atoms with Gasteiger partial charge in [0.25, 0.3) is 5.91 Å². The number of ether oxygens (including phenoxy) is 1. The van der Waals surface area contributed by atoms with E-state index >= 15 is 0 Å². The van der Waals surface area contributed by atoms with Gasteiger partial charge in [0.05, 0.1) is 6.04 Å². The number of halogens is 1. The number of hydrogen-bond acceptors (Lipinski definition) is 3. The summed E-state index contributed by atoms with van der Waals surface area (Å²) in [6, 6.07) is 6.98. The van der Waals surface area contributed by atoms with Crippen LogP contribution in [0.5, 0.6) is 0 Å². The lowest BCUT2D eigenvalue weighted by Crippen LogP contribution is -2.54. The SMILES string of the molecule is CN1C(=O)CO[C@H](C(=O)NC2CCCCC2)[C@@H]1c1ccc(Cl)cc1. The molecule has 0 radical (unpaired) electrons. The van der Waals surface area contributed by atoms with Crippen LogP contribution in [0.3, 0.4) is 0 Å². The van der Waals surface area contributed by atoms with Crippen molar-refractivity contribution in [1.29, 1.82) is 0 Å². The number of amides is 2. The zero-order valence-corrected chi connectivity index (χ0v) is 14.6. The van der Waals surface area contributed by atoms with Gasteiger partial charge in [0.1, 0.15) is 6.61 Å². The molecule has 130 valence electrons. The summed E-state index contributed by atoms with van der Waals surface area (Å²) >= 11 is 5.95. The zero-order chi connectivity index (χ0) is 17.1. The molecule has 1 saturated heterocycles. The van der Waals surface area contributed by atoms with E-state index in [0.29, 0.717) is 5.02 Å². The summed E-state index contributed by atoms with van der Waals surface area (Å²) in [6.45, 7) is -0.0661. The average molecular weight is 351 g/mol. The van der Waals surface area contributed by atoms with E-state index in [2.05, 4.69) is 5.32 Å². The molecule has 1 aliphatic carbocycles. The summed E-state index contributed by atoms with van der Waals surface area (Å²) in [7, 11) is 1.71. The highest BCUT2D eigenvalue weighted by molar-refractivity contribution is 6.30. The maximum atomic E-state index is 12.8. The molecule has 1 aromatic rings. The molecular weight excluding hydrogens is 328 g/mol. The Morgan fingerprint density at radius 2 is 1.88 bits per heavy atom. The molecule has 24 heavy (non-hydrogen) atoms. The highest BCUT2D eigenvalue weighted by atomic mass is 35.5. The van der Waals surface area contributed by atoms with E-state index in [9.17, 15) is 9.59 Å². The van der Waals surface area contributed by atoms with Crippen LogP contribution < -0.4 is 5.32 Å². The molecule has 2 atom stereocenters. The van der Waals surface area contributed by atoms with Gasteiger partial charge < -0.3 is 15.0 Å². The molecule has 1 heterocycles. The Labute approximate surface area is 147 Å². The van der Waals surface area contributed by atoms with Crippen LogP contribution in [0, 0.1) is 0 Å². The van der Waals surface area contributed by atoms with Gasteiger partial charge in [-0.25, -0.2) is 0 Å². The fourth-order valence-electron chi connectivity index (χ4n) is 3.52. The topological polar surface area (TPSA) is 58.6 Å². The second kappa shape index (κ2) is 7.53. The lowest BCUT2D eigenvalue weighted by atomic mass is 9.94. The predicted molar refractivity (Wildman–Crippen MR) is 91.7 cm³/mol. The number of nitrogens with one attached hydrogen (secondary N) is 1. The summed E-state index contributed by atoms with van der Waals surface area (Å²) in [5.41, 5.74) is 0.846. The van der Waals surface area contributed by atoms with Gasteiger partial charge in [-0.1, -0.05) is 43.0 Å². The molecule has 3 rings (SSSR count). The molecular formula is C18H23ClN2O3. The Morgan fingerprint density at radius 1 is 1.21 bits per heavy atom. The summed E-state index contributed by atoms with van der Waals surface area (Å²) in [4.78, 5) is 26.4. The normalized spacial score (nSPS) is 25.6. The van der Waals surface area contributed by atoms with E-state index in [4.69, 9.17) is 16.3 Å². The van der Waals surface area contributed by atoms with Gasteiger partial charge in [-0.15, -0.1) is 0 Å². The van der Waals surface area contributed by atoms with Crippen LogP contribution in [0.25, 0.3) is 0 Å². The highest BCUT2D eigenvalue weighted by Crippen LogP contribution is 2.30. The van der Waals surface area contributed by atoms with E-state index in [1.54, 1.807) is 24.1 Å². The predicted octanol–water partition coefficient (Wildman–Crippen LogP) is 2.69. The van der Waals surface area contributed by atoms with Crippen molar-refractivity contribution in [1.82, 2.24) is 10.2 Å². The fraction of sp³-hybridized carbons (Fsp3) is 0.556. The van der Waals surface area contributed by atoms with Crippen molar-refractivity contribution in [3.8, 4) is 0 Å². The molecule has 6 heteroatoms. The van der Waals surface area contributed by atoms with Crippen LogP contribution in [-0.2, 0) is 14.3 Å². The molecule has 2 fully saturated rings. The van der Waals surface area contributed by atoms with Crippen molar-refractivity contribution in [3.05, 3.63) is 34.9 Å². The van der Waals surface area contributed by atoms with Gasteiger partial charge in [0.2, 0.25) is 5.91 Å². The number of carbonyl (C=O) groups excluding carboxylic acids is 2. The molecule has 1 aliphatic heterocycles. The number of likely N-dealkylation sites (N-methyl/N-ethyl adjacent to an activating group) is 1. The van der Waals surface area contributed by atoms with Crippen molar-refractivity contribution in [2.45, 2.75) is 50.3 Å². The van der Waals surface area contributed by atoms with E-state index in [-0.39, 0.29) is 24.5 Å². The van der Waals surface area contributed by atoms with Crippen LogP contribution in [-0.4, -0.2) is 42.5 Å². The number of benzene rings is 1. The quantitative estimate of drug-likeness (QED) is 0.911. The van der Waals surface area contributed by atoms with Crippen molar-refractivity contribution in [2.24, 2.45) is 0 Å². The average Bonchev–Trinajstić information content (AvgIpc) is 2.59. The van der Waals surface area contributed by atoms with Gasteiger partial charge >= 0.3 is 0 Å².